The fourth-order valence-electron chi connectivity index (χ4n) is 0.720. The standard InChI is InChI=1S/C6H14O3.C6H10O.C3H8/c1-2-6(3-7,4-8)5-9;1-3-5-7-6-4-2;1-3-2/h7-9H,2-5H2,1H3;3-4H,1-2,5-6H2;3H2,1-2H3. The van der Waals surface area contributed by atoms with E-state index < -0.39 is 5.41 Å². The van der Waals surface area contributed by atoms with Crippen LogP contribution in [0.25, 0.3) is 0 Å². The highest BCUT2D eigenvalue weighted by molar-refractivity contribution is 4.74. The van der Waals surface area contributed by atoms with Crippen LogP contribution in [0.5, 0.6) is 0 Å². The van der Waals surface area contributed by atoms with Crippen molar-refractivity contribution < 1.29 is 20.1 Å². The lowest BCUT2D eigenvalue weighted by atomic mass is 9.88. The predicted molar refractivity (Wildman–Crippen MR) is 81.2 cm³/mol. The van der Waals surface area contributed by atoms with Gasteiger partial charge in [0.05, 0.1) is 33.0 Å². The van der Waals surface area contributed by atoms with Gasteiger partial charge in [-0.1, -0.05) is 39.3 Å². The van der Waals surface area contributed by atoms with Crippen molar-refractivity contribution in [1.29, 1.82) is 0 Å². The van der Waals surface area contributed by atoms with Crippen molar-refractivity contribution in [3.63, 3.8) is 0 Å². The van der Waals surface area contributed by atoms with Crippen molar-refractivity contribution in [2.75, 3.05) is 33.0 Å². The summed E-state index contributed by atoms with van der Waals surface area (Å²) in [4.78, 5) is 0. The fraction of sp³-hybridized carbons (Fsp3) is 0.733. The predicted octanol–water partition coefficient (Wildman–Crippen LogP) is 2.15. The van der Waals surface area contributed by atoms with Crippen molar-refractivity contribution in [2.45, 2.75) is 33.6 Å². The molecule has 19 heavy (non-hydrogen) atoms. The Hall–Kier alpha value is -0.680. The molecule has 4 nitrogen and oxygen atoms in total. The Balaban J connectivity index is -0.000000228. The molecule has 0 unspecified atom stereocenters. The summed E-state index contributed by atoms with van der Waals surface area (Å²) in [5, 5.41) is 26.0. The molecule has 0 amide bonds. The summed E-state index contributed by atoms with van der Waals surface area (Å²) in [6.07, 6.45) is 5.27. The first-order valence-corrected chi connectivity index (χ1v) is 6.69. The van der Waals surface area contributed by atoms with Gasteiger partial charge >= 0.3 is 0 Å². The molecular formula is C15H32O4. The maximum atomic E-state index is 8.66. The van der Waals surface area contributed by atoms with Gasteiger partial charge in [0.2, 0.25) is 0 Å². The van der Waals surface area contributed by atoms with E-state index >= 15 is 0 Å². The molecule has 0 aliphatic heterocycles. The maximum Gasteiger partial charge on any atom is 0.0649 e. The van der Waals surface area contributed by atoms with Crippen LogP contribution in [0.3, 0.4) is 0 Å². The molecule has 0 saturated heterocycles. The van der Waals surface area contributed by atoms with E-state index in [-0.39, 0.29) is 19.8 Å². The van der Waals surface area contributed by atoms with Crippen LogP contribution >= 0.6 is 0 Å². The van der Waals surface area contributed by atoms with Gasteiger partial charge in [-0.15, -0.1) is 13.2 Å². The highest BCUT2D eigenvalue weighted by Gasteiger charge is 2.24. The van der Waals surface area contributed by atoms with Crippen molar-refractivity contribution in [2.24, 2.45) is 5.41 Å². The summed E-state index contributed by atoms with van der Waals surface area (Å²) < 4.78 is 4.90. The number of rotatable bonds is 8. The van der Waals surface area contributed by atoms with Crippen LogP contribution in [0.15, 0.2) is 25.3 Å². The minimum atomic E-state index is -0.667. The molecule has 0 saturated carbocycles. The topological polar surface area (TPSA) is 69.9 Å². The Bertz CT molecular complexity index is 151. The summed E-state index contributed by atoms with van der Waals surface area (Å²) in [6.45, 7) is 13.8. The second kappa shape index (κ2) is 19.7. The number of ether oxygens (including phenoxy) is 1. The molecule has 0 radical (unpaired) electrons. The first kappa shape index (κ1) is 23.4. The van der Waals surface area contributed by atoms with Crippen molar-refractivity contribution in [3.05, 3.63) is 25.3 Å². The van der Waals surface area contributed by atoms with Crippen LogP contribution in [0.2, 0.25) is 0 Å². The number of hydrogen-bond donors (Lipinski definition) is 3. The average molecular weight is 276 g/mol. The Morgan fingerprint density at radius 1 is 0.895 bits per heavy atom. The van der Waals surface area contributed by atoms with E-state index in [9.17, 15) is 0 Å². The summed E-state index contributed by atoms with van der Waals surface area (Å²) in [6, 6.07) is 0. The molecule has 0 rings (SSSR count). The monoisotopic (exact) mass is 276 g/mol. The molecule has 3 N–H and O–H groups in total. The second-order valence-corrected chi connectivity index (χ2v) is 4.15. The molecule has 0 aromatic carbocycles. The fourth-order valence-corrected chi connectivity index (χ4v) is 0.720. The van der Waals surface area contributed by atoms with E-state index in [1.54, 1.807) is 12.2 Å². The van der Waals surface area contributed by atoms with Gasteiger partial charge in [0.25, 0.3) is 0 Å². The zero-order valence-electron chi connectivity index (χ0n) is 12.8. The molecule has 0 bridgehead atoms. The Labute approximate surface area is 118 Å². The van der Waals surface area contributed by atoms with E-state index in [0.717, 1.165) is 0 Å². The third-order valence-electron chi connectivity index (χ3n) is 2.23. The largest absolute Gasteiger partial charge is 0.396 e. The summed E-state index contributed by atoms with van der Waals surface area (Å²) in [5.41, 5.74) is -0.667. The summed E-state index contributed by atoms with van der Waals surface area (Å²) in [5.74, 6) is 0. The van der Waals surface area contributed by atoms with Gasteiger partial charge in [-0.25, -0.2) is 0 Å². The van der Waals surface area contributed by atoms with Gasteiger partial charge in [-0.3, -0.25) is 0 Å². The third kappa shape index (κ3) is 17.3. The minimum absolute atomic E-state index is 0.156. The molecule has 0 aliphatic carbocycles. The van der Waals surface area contributed by atoms with Crippen LogP contribution in [0.4, 0.5) is 0 Å². The number of aliphatic hydroxyl groups is 3. The Morgan fingerprint density at radius 2 is 1.21 bits per heavy atom. The van der Waals surface area contributed by atoms with Crippen molar-refractivity contribution in [1.82, 2.24) is 0 Å². The van der Waals surface area contributed by atoms with Gasteiger partial charge in [-0.2, -0.15) is 0 Å². The molecule has 0 aromatic rings. The molecular weight excluding hydrogens is 244 g/mol. The molecule has 0 aromatic heterocycles. The first-order chi connectivity index (χ1) is 9.07. The number of aliphatic hydroxyl groups excluding tert-OH is 3. The quantitative estimate of drug-likeness (QED) is 0.469. The van der Waals surface area contributed by atoms with Gasteiger partial charge in [0, 0.05) is 5.41 Å². The highest BCUT2D eigenvalue weighted by Crippen LogP contribution is 2.18. The van der Waals surface area contributed by atoms with E-state index in [1.807, 2.05) is 6.92 Å². The van der Waals surface area contributed by atoms with Crippen LogP contribution < -0.4 is 0 Å². The van der Waals surface area contributed by atoms with Crippen molar-refractivity contribution in [3.8, 4) is 0 Å². The molecule has 0 spiro atoms. The zero-order chi connectivity index (χ0) is 15.6. The van der Waals surface area contributed by atoms with E-state index in [0.29, 0.717) is 19.6 Å². The van der Waals surface area contributed by atoms with Crippen LogP contribution in [-0.4, -0.2) is 48.4 Å². The smallest absolute Gasteiger partial charge is 0.0649 e. The van der Waals surface area contributed by atoms with Gasteiger partial charge in [0.15, 0.2) is 0 Å². The van der Waals surface area contributed by atoms with E-state index in [1.165, 1.54) is 6.42 Å². The maximum absolute atomic E-state index is 8.66. The minimum Gasteiger partial charge on any atom is -0.396 e. The Kier molecular flexibility index (Phi) is 24.2. The van der Waals surface area contributed by atoms with E-state index in [2.05, 4.69) is 27.0 Å². The molecule has 4 heteroatoms. The normalized spacial score (nSPS) is 9.58. The van der Waals surface area contributed by atoms with Gasteiger partial charge in [0.1, 0.15) is 0 Å². The first-order valence-electron chi connectivity index (χ1n) is 6.69. The summed E-state index contributed by atoms with van der Waals surface area (Å²) in [7, 11) is 0. The zero-order valence-corrected chi connectivity index (χ0v) is 12.8. The summed E-state index contributed by atoms with van der Waals surface area (Å²) >= 11 is 0. The molecule has 0 fully saturated rings. The lowest BCUT2D eigenvalue weighted by Gasteiger charge is -2.24. The number of hydrogen-bond acceptors (Lipinski definition) is 4. The van der Waals surface area contributed by atoms with Crippen LogP contribution in [0, 0.1) is 5.41 Å². The Morgan fingerprint density at radius 3 is 1.32 bits per heavy atom. The van der Waals surface area contributed by atoms with Gasteiger partial charge < -0.3 is 20.1 Å². The lowest BCUT2D eigenvalue weighted by molar-refractivity contribution is 0.00304. The van der Waals surface area contributed by atoms with Crippen LogP contribution in [0.1, 0.15) is 33.6 Å². The molecule has 116 valence electrons. The third-order valence-corrected chi connectivity index (χ3v) is 2.23. The van der Waals surface area contributed by atoms with Crippen LogP contribution in [-0.2, 0) is 4.74 Å². The van der Waals surface area contributed by atoms with E-state index in [4.69, 9.17) is 20.1 Å². The highest BCUT2D eigenvalue weighted by atomic mass is 16.5. The molecule has 0 aliphatic rings. The second-order valence-electron chi connectivity index (χ2n) is 4.15. The molecule has 0 atom stereocenters. The SMILES string of the molecule is C=CCOCC=C.CCC.CCC(CO)(CO)CO. The average Bonchev–Trinajstić information content (AvgIpc) is 2.44. The molecule has 0 heterocycles. The lowest BCUT2D eigenvalue weighted by Crippen LogP contribution is -2.32. The van der Waals surface area contributed by atoms with Crippen molar-refractivity contribution >= 4 is 0 Å². The van der Waals surface area contributed by atoms with Gasteiger partial charge in [-0.05, 0) is 6.42 Å².